The fourth-order valence-electron chi connectivity index (χ4n) is 9.60. The minimum Gasteiger partial charge on any atom is -0.381 e. The third-order valence-corrected chi connectivity index (χ3v) is 13.7. The molecule has 0 rings (SSSR count). The van der Waals surface area contributed by atoms with Gasteiger partial charge in [0, 0.05) is 13.2 Å². The molecular weight excluding hydrogens is 689 g/mol. The molecule has 344 valence electrons. The van der Waals surface area contributed by atoms with Crippen molar-refractivity contribution < 1.29 is 4.74 Å². The van der Waals surface area contributed by atoms with E-state index in [1.165, 1.54) is 308 Å². The van der Waals surface area contributed by atoms with Crippen molar-refractivity contribution in [2.24, 2.45) is 11.8 Å². The lowest BCUT2D eigenvalue weighted by Crippen LogP contribution is -2.06. The van der Waals surface area contributed by atoms with Gasteiger partial charge in [-0.1, -0.05) is 310 Å². The third kappa shape index (κ3) is 48.5. The van der Waals surface area contributed by atoms with E-state index in [2.05, 4.69) is 27.7 Å². The highest BCUT2D eigenvalue weighted by atomic mass is 16.5. The molecular formula is C56H114O. The van der Waals surface area contributed by atoms with Gasteiger partial charge in [0.15, 0.2) is 0 Å². The average Bonchev–Trinajstić information content (AvgIpc) is 3.22. The fraction of sp³-hybridized carbons (Fsp3) is 1.00. The van der Waals surface area contributed by atoms with Gasteiger partial charge in [-0.3, -0.25) is 0 Å². The smallest absolute Gasteiger partial charge is 0.0466 e. The largest absolute Gasteiger partial charge is 0.381 e. The normalized spacial score (nSPS) is 11.9. The van der Waals surface area contributed by atoms with Crippen LogP contribution in [0.15, 0.2) is 0 Å². The van der Waals surface area contributed by atoms with Crippen LogP contribution < -0.4 is 0 Å². The van der Waals surface area contributed by atoms with Crippen LogP contribution in [0.3, 0.4) is 0 Å². The third-order valence-electron chi connectivity index (χ3n) is 13.7. The van der Waals surface area contributed by atoms with Gasteiger partial charge in [0.25, 0.3) is 0 Å². The maximum atomic E-state index is 6.35. The van der Waals surface area contributed by atoms with E-state index in [0.29, 0.717) is 0 Å². The Kier molecular flexibility index (Phi) is 52.1. The van der Waals surface area contributed by atoms with E-state index in [0.717, 1.165) is 25.0 Å². The van der Waals surface area contributed by atoms with Crippen molar-refractivity contribution in [3.63, 3.8) is 0 Å². The second-order valence-electron chi connectivity index (χ2n) is 19.5. The summed E-state index contributed by atoms with van der Waals surface area (Å²) in [5, 5.41) is 0. The monoisotopic (exact) mass is 803 g/mol. The van der Waals surface area contributed by atoms with Crippen LogP contribution in [0.5, 0.6) is 0 Å². The Balaban J connectivity index is 4.43. The summed E-state index contributed by atoms with van der Waals surface area (Å²) >= 11 is 0. The zero-order chi connectivity index (χ0) is 41.2. The maximum absolute atomic E-state index is 6.35. The first kappa shape index (κ1) is 57.0. The Morgan fingerprint density at radius 3 is 0.544 bits per heavy atom. The van der Waals surface area contributed by atoms with Crippen molar-refractivity contribution in [2.75, 3.05) is 13.2 Å². The lowest BCUT2D eigenvalue weighted by Gasteiger charge is -2.18. The first-order valence-electron chi connectivity index (χ1n) is 27.9. The van der Waals surface area contributed by atoms with Gasteiger partial charge in [-0.05, 0) is 37.5 Å². The molecule has 1 nitrogen and oxygen atoms in total. The molecule has 0 spiro atoms. The van der Waals surface area contributed by atoms with Gasteiger partial charge in [-0.2, -0.15) is 0 Å². The lowest BCUT2D eigenvalue weighted by atomic mass is 9.90. The second-order valence-corrected chi connectivity index (χ2v) is 19.5. The van der Waals surface area contributed by atoms with Crippen LogP contribution in [-0.4, -0.2) is 13.2 Å². The summed E-state index contributed by atoms with van der Waals surface area (Å²) in [7, 11) is 0. The van der Waals surface area contributed by atoms with E-state index in [1.54, 1.807) is 0 Å². The Morgan fingerprint density at radius 1 is 0.193 bits per heavy atom. The van der Waals surface area contributed by atoms with Gasteiger partial charge in [0.05, 0.1) is 0 Å². The van der Waals surface area contributed by atoms with E-state index in [1.807, 2.05) is 0 Å². The summed E-state index contributed by atoms with van der Waals surface area (Å²) in [6, 6.07) is 0. The Morgan fingerprint density at radius 2 is 0.351 bits per heavy atom. The SMILES string of the molecule is CCCCCCCCCCCCC(CCCCCCCCCCCC)CCCOCCCC(CCCCCCCCCCCC)CCCCCCCCCCCC. The molecule has 0 saturated carbocycles. The molecule has 0 unspecified atom stereocenters. The van der Waals surface area contributed by atoms with Crippen molar-refractivity contribution in [1.29, 1.82) is 0 Å². The number of rotatable bonds is 52. The summed E-state index contributed by atoms with van der Waals surface area (Å²) in [5.74, 6) is 1.89. The molecule has 57 heavy (non-hydrogen) atoms. The highest BCUT2D eigenvalue weighted by Gasteiger charge is 2.11. The zero-order valence-corrected chi connectivity index (χ0v) is 40.9. The highest BCUT2D eigenvalue weighted by molar-refractivity contribution is 4.64. The van der Waals surface area contributed by atoms with Crippen LogP contribution in [0.2, 0.25) is 0 Å². The maximum Gasteiger partial charge on any atom is 0.0466 e. The summed E-state index contributed by atoms with van der Waals surface area (Å²) in [6.07, 6.45) is 69.6. The van der Waals surface area contributed by atoms with Gasteiger partial charge < -0.3 is 4.74 Å². The molecule has 1 heteroatoms. The highest BCUT2D eigenvalue weighted by Crippen LogP contribution is 2.26. The molecule has 0 aliphatic carbocycles. The minimum absolute atomic E-state index is 0.947. The van der Waals surface area contributed by atoms with E-state index >= 15 is 0 Å². The van der Waals surface area contributed by atoms with Crippen molar-refractivity contribution in [1.82, 2.24) is 0 Å². The Bertz CT molecular complexity index is 568. The Hall–Kier alpha value is -0.0400. The number of hydrogen-bond donors (Lipinski definition) is 0. The first-order valence-corrected chi connectivity index (χ1v) is 27.9. The van der Waals surface area contributed by atoms with Crippen LogP contribution >= 0.6 is 0 Å². The molecule has 0 aromatic rings. The molecule has 0 fully saturated rings. The Labute approximate surface area is 364 Å². The fourth-order valence-corrected chi connectivity index (χ4v) is 9.60. The second kappa shape index (κ2) is 52.1. The van der Waals surface area contributed by atoms with Crippen molar-refractivity contribution in [3.05, 3.63) is 0 Å². The van der Waals surface area contributed by atoms with Gasteiger partial charge in [-0.15, -0.1) is 0 Å². The standard InChI is InChI=1S/C56H114O/c1-5-9-13-17-21-25-29-33-37-41-47-55(48-42-38-34-30-26-22-18-14-10-6-2)51-45-53-57-54-46-52-56(49-43-39-35-31-27-23-19-15-11-7-3)50-44-40-36-32-28-24-20-16-12-8-4/h55-56H,5-54H2,1-4H3. The van der Waals surface area contributed by atoms with E-state index in [4.69, 9.17) is 4.74 Å². The predicted octanol–water partition coefficient (Wildman–Crippen LogP) is 21.0. The molecule has 0 amide bonds. The molecule has 0 aromatic heterocycles. The van der Waals surface area contributed by atoms with E-state index in [9.17, 15) is 0 Å². The minimum atomic E-state index is 0.947. The molecule has 0 atom stereocenters. The van der Waals surface area contributed by atoms with Crippen LogP contribution in [0.1, 0.15) is 336 Å². The van der Waals surface area contributed by atoms with Crippen molar-refractivity contribution in [2.45, 2.75) is 336 Å². The van der Waals surface area contributed by atoms with Crippen LogP contribution in [0, 0.1) is 11.8 Å². The van der Waals surface area contributed by atoms with Crippen molar-refractivity contribution >= 4 is 0 Å². The topological polar surface area (TPSA) is 9.23 Å². The zero-order valence-electron chi connectivity index (χ0n) is 40.9. The number of hydrogen-bond acceptors (Lipinski definition) is 1. The molecule has 0 saturated heterocycles. The van der Waals surface area contributed by atoms with E-state index < -0.39 is 0 Å². The number of ether oxygens (including phenoxy) is 1. The molecule has 0 radical (unpaired) electrons. The molecule has 0 aromatic carbocycles. The summed E-state index contributed by atoms with van der Waals surface area (Å²) < 4.78 is 6.35. The van der Waals surface area contributed by atoms with E-state index in [-0.39, 0.29) is 0 Å². The summed E-state index contributed by atoms with van der Waals surface area (Å²) in [4.78, 5) is 0. The molecule has 0 aliphatic heterocycles. The van der Waals surface area contributed by atoms with Gasteiger partial charge in [0.1, 0.15) is 0 Å². The summed E-state index contributed by atoms with van der Waals surface area (Å²) in [6.45, 7) is 11.3. The number of unbranched alkanes of at least 4 members (excludes halogenated alkanes) is 36. The predicted molar refractivity (Wildman–Crippen MR) is 262 cm³/mol. The molecule has 0 bridgehead atoms. The van der Waals surface area contributed by atoms with Crippen LogP contribution in [-0.2, 0) is 4.74 Å². The van der Waals surface area contributed by atoms with Gasteiger partial charge in [-0.25, -0.2) is 0 Å². The molecule has 0 N–H and O–H groups in total. The van der Waals surface area contributed by atoms with Crippen LogP contribution in [0.25, 0.3) is 0 Å². The van der Waals surface area contributed by atoms with Gasteiger partial charge >= 0.3 is 0 Å². The van der Waals surface area contributed by atoms with Gasteiger partial charge in [0.2, 0.25) is 0 Å². The quantitative estimate of drug-likeness (QED) is 0.0557. The molecule has 0 aliphatic rings. The molecule has 0 heterocycles. The lowest BCUT2D eigenvalue weighted by molar-refractivity contribution is 0.117. The van der Waals surface area contributed by atoms with Crippen LogP contribution in [0.4, 0.5) is 0 Å². The van der Waals surface area contributed by atoms with Crippen molar-refractivity contribution in [3.8, 4) is 0 Å². The average molecular weight is 804 g/mol. The first-order chi connectivity index (χ1) is 28.3. The summed E-state index contributed by atoms with van der Waals surface area (Å²) in [5.41, 5.74) is 0.